The van der Waals surface area contributed by atoms with Gasteiger partial charge in [-0.1, -0.05) is 41.7 Å². The molecule has 17 heavy (non-hydrogen) atoms. The number of rotatable bonds is 4. The third-order valence-corrected chi connectivity index (χ3v) is 3.51. The molecule has 1 aromatic heterocycles. The molecule has 0 atom stereocenters. The lowest BCUT2D eigenvalue weighted by Gasteiger charge is -1.98. The molecule has 1 heterocycles. The van der Waals surface area contributed by atoms with E-state index in [1.54, 1.807) is 6.07 Å². The molecule has 0 saturated heterocycles. The molecule has 2 aromatic rings. The molecular formula is C12H12Cl3NO. The third-order valence-electron chi connectivity index (χ3n) is 2.43. The molecule has 1 N–H and O–H groups in total. The number of hydrogen-bond donors (Lipinski definition) is 1. The standard InChI is InChI=1S/C12H12Cl3NO/c1-2-3-16-6-7-4-8-11(15)9(13)5-10(14)12(8)17-7/h4-5,16H,2-3,6H2,1H3. The molecule has 0 saturated carbocycles. The van der Waals surface area contributed by atoms with Crippen LogP contribution in [-0.4, -0.2) is 6.54 Å². The van der Waals surface area contributed by atoms with Crippen LogP contribution in [0.4, 0.5) is 0 Å². The predicted octanol–water partition coefficient (Wildman–Crippen LogP) is 4.89. The normalized spacial score (nSPS) is 11.3. The number of hydrogen-bond acceptors (Lipinski definition) is 2. The largest absolute Gasteiger partial charge is 0.458 e. The summed E-state index contributed by atoms with van der Waals surface area (Å²) in [6, 6.07) is 3.47. The number of halogens is 3. The maximum atomic E-state index is 6.10. The van der Waals surface area contributed by atoms with Gasteiger partial charge in [0.15, 0.2) is 5.58 Å². The second kappa shape index (κ2) is 5.49. The molecular weight excluding hydrogens is 280 g/mol. The smallest absolute Gasteiger partial charge is 0.154 e. The fourth-order valence-corrected chi connectivity index (χ4v) is 2.34. The van der Waals surface area contributed by atoms with Crippen molar-refractivity contribution in [2.24, 2.45) is 0 Å². The van der Waals surface area contributed by atoms with Gasteiger partial charge < -0.3 is 9.73 Å². The van der Waals surface area contributed by atoms with Crippen LogP contribution in [0.25, 0.3) is 11.0 Å². The molecule has 0 fully saturated rings. The number of fused-ring (bicyclic) bond motifs is 1. The summed E-state index contributed by atoms with van der Waals surface area (Å²) in [7, 11) is 0. The van der Waals surface area contributed by atoms with E-state index in [4.69, 9.17) is 39.2 Å². The van der Waals surface area contributed by atoms with Crippen molar-refractivity contribution in [3.63, 3.8) is 0 Å². The Hall–Kier alpha value is -0.410. The minimum atomic E-state index is 0.443. The van der Waals surface area contributed by atoms with Crippen LogP contribution in [0.1, 0.15) is 19.1 Å². The van der Waals surface area contributed by atoms with Gasteiger partial charge in [-0.15, -0.1) is 0 Å². The van der Waals surface area contributed by atoms with Gasteiger partial charge in [-0.3, -0.25) is 0 Å². The Bertz CT molecular complexity index is 536. The summed E-state index contributed by atoms with van der Waals surface area (Å²) in [5, 5.41) is 5.42. The Kier molecular flexibility index (Phi) is 4.21. The van der Waals surface area contributed by atoms with E-state index < -0.39 is 0 Å². The molecule has 5 heteroatoms. The van der Waals surface area contributed by atoms with Crippen LogP contribution >= 0.6 is 34.8 Å². The minimum Gasteiger partial charge on any atom is -0.458 e. The van der Waals surface area contributed by atoms with E-state index >= 15 is 0 Å². The van der Waals surface area contributed by atoms with Crippen LogP contribution in [0.15, 0.2) is 16.5 Å². The summed E-state index contributed by atoms with van der Waals surface area (Å²) in [5.41, 5.74) is 0.592. The fraction of sp³-hybridized carbons (Fsp3) is 0.333. The highest BCUT2D eigenvalue weighted by Gasteiger charge is 2.13. The van der Waals surface area contributed by atoms with Crippen LogP contribution in [0.3, 0.4) is 0 Å². The van der Waals surface area contributed by atoms with Crippen molar-refractivity contribution in [3.8, 4) is 0 Å². The highest BCUT2D eigenvalue weighted by atomic mass is 35.5. The fourth-order valence-electron chi connectivity index (χ4n) is 1.63. The summed E-state index contributed by atoms with van der Waals surface area (Å²) >= 11 is 18.1. The van der Waals surface area contributed by atoms with Crippen molar-refractivity contribution in [1.29, 1.82) is 0 Å². The molecule has 0 unspecified atom stereocenters. The SMILES string of the molecule is CCCNCc1cc2c(Cl)c(Cl)cc(Cl)c2o1. The lowest BCUT2D eigenvalue weighted by atomic mass is 10.2. The van der Waals surface area contributed by atoms with Crippen LogP contribution in [0.2, 0.25) is 15.1 Å². The summed E-state index contributed by atoms with van der Waals surface area (Å²) in [6.45, 7) is 3.71. The van der Waals surface area contributed by atoms with Gasteiger partial charge in [0.25, 0.3) is 0 Å². The average Bonchev–Trinajstić information content (AvgIpc) is 2.71. The lowest BCUT2D eigenvalue weighted by molar-refractivity contribution is 0.513. The van der Waals surface area contributed by atoms with Gasteiger partial charge in [-0.05, 0) is 25.1 Å². The van der Waals surface area contributed by atoms with Crippen molar-refractivity contribution in [3.05, 3.63) is 33.0 Å². The van der Waals surface area contributed by atoms with Crippen molar-refractivity contribution >= 4 is 45.8 Å². The highest BCUT2D eigenvalue weighted by Crippen LogP contribution is 2.37. The van der Waals surface area contributed by atoms with Crippen molar-refractivity contribution < 1.29 is 4.42 Å². The van der Waals surface area contributed by atoms with Gasteiger partial charge in [0, 0.05) is 5.39 Å². The maximum Gasteiger partial charge on any atom is 0.154 e. The number of furan rings is 1. The second-order valence-corrected chi connectivity index (χ2v) is 4.98. The first kappa shape index (κ1) is 13.0. The number of benzene rings is 1. The molecule has 0 aliphatic carbocycles. The molecule has 1 aromatic carbocycles. The first-order valence-electron chi connectivity index (χ1n) is 5.40. The van der Waals surface area contributed by atoms with Gasteiger partial charge in [-0.2, -0.15) is 0 Å². The summed E-state index contributed by atoms with van der Waals surface area (Å²) in [4.78, 5) is 0. The summed E-state index contributed by atoms with van der Waals surface area (Å²) in [5.74, 6) is 0.805. The van der Waals surface area contributed by atoms with Gasteiger partial charge in [0.2, 0.25) is 0 Å². The molecule has 0 aliphatic heterocycles. The summed E-state index contributed by atoms with van der Waals surface area (Å²) < 4.78 is 5.64. The first-order valence-corrected chi connectivity index (χ1v) is 6.53. The highest BCUT2D eigenvalue weighted by molar-refractivity contribution is 6.47. The molecule has 0 spiro atoms. The van der Waals surface area contributed by atoms with Crippen LogP contribution in [-0.2, 0) is 6.54 Å². The molecule has 2 rings (SSSR count). The van der Waals surface area contributed by atoms with E-state index in [0.29, 0.717) is 27.2 Å². The van der Waals surface area contributed by atoms with E-state index in [0.717, 1.165) is 24.1 Å². The molecule has 0 amide bonds. The van der Waals surface area contributed by atoms with E-state index in [1.165, 1.54) is 0 Å². The predicted molar refractivity (Wildman–Crippen MR) is 73.2 cm³/mol. The van der Waals surface area contributed by atoms with E-state index in [1.807, 2.05) is 6.07 Å². The second-order valence-electron chi connectivity index (χ2n) is 3.79. The summed E-state index contributed by atoms with van der Waals surface area (Å²) in [6.07, 6.45) is 1.08. The monoisotopic (exact) mass is 291 g/mol. The zero-order valence-electron chi connectivity index (χ0n) is 9.32. The number of nitrogens with one attached hydrogen (secondary N) is 1. The Balaban J connectivity index is 2.36. The van der Waals surface area contributed by atoms with Crippen LogP contribution in [0.5, 0.6) is 0 Å². The molecule has 2 nitrogen and oxygen atoms in total. The third kappa shape index (κ3) is 2.71. The van der Waals surface area contributed by atoms with E-state index in [9.17, 15) is 0 Å². The van der Waals surface area contributed by atoms with Gasteiger partial charge in [-0.25, -0.2) is 0 Å². The van der Waals surface area contributed by atoms with Gasteiger partial charge in [0.1, 0.15) is 5.76 Å². The zero-order valence-corrected chi connectivity index (χ0v) is 11.6. The molecule has 92 valence electrons. The molecule has 0 aliphatic rings. The van der Waals surface area contributed by atoms with Crippen molar-refractivity contribution in [1.82, 2.24) is 5.32 Å². The topological polar surface area (TPSA) is 25.2 Å². The Labute approximate surface area is 115 Å². The minimum absolute atomic E-state index is 0.443. The van der Waals surface area contributed by atoms with E-state index in [-0.39, 0.29) is 0 Å². The molecule has 0 radical (unpaired) electrons. The van der Waals surface area contributed by atoms with Crippen LogP contribution in [0, 0.1) is 0 Å². The lowest BCUT2D eigenvalue weighted by Crippen LogP contribution is -2.12. The van der Waals surface area contributed by atoms with Gasteiger partial charge in [0.05, 0.1) is 21.6 Å². The Morgan fingerprint density at radius 1 is 1.18 bits per heavy atom. The first-order chi connectivity index (χ1) is 8.13. The van der Waals surface area contributed by atoms with Gasteiger partial charge >= 0.3 is 0 Å². The van der Waals surface area contributed by atoms with Crippen molar-refractivity contribution in [2.45, 2.75) is 19.9 Å². The average molecular weight is 293 g/mol. The maximum absolute atomic E-state index is 6.10. The van der Waals surface area contributed by atoms with Crippen molar-refractivity contribution in [2.75, 3.05) is 6.54 Å². The zero-order chi connectivity index (χ0) is 12.4. The van der Waals surface area contributed by atoms with Crippen LogP contribution < -0.4 is 5.32 Å². The quantitative estimate of drug-likeness (QED) is 0.641. The molecule has 0 bridgehead atoms. The van der Waals surface area contributed by atoms with E-state index in [2.05, 4.69) is 12.2 Å². The Morgan fingerprint density at radius 2 is 1.94 bits per heavy atom. The Morgan fingerprint density at radius 3 is 2.65 bits per heavy atom.